The van der Waals surface area contributed by atoms with Crippen LogP contribution in [-0.4, -0.2) is 17.6 Å². The van der Waals surface area contributed by atoms with Gasteiger partial charge in [0.1, 0.15) is 0 Å². The molecule has 0 bridgehead atoms. The smallest absolute Gasteiger partial charge is 0.232 e. The Morgan fingerprint density at radius 3 is 1.27 bits per heavy atom. The fourth-order valence-corrected chi connectivity index (χ4v) is 5.24. The van der Waals surface area contributed by atoms with Crippen molar-refractivity contribution in [1.29, 1.82) is 0 Å². The van der Waals surface area contributed by atoms with Crippen molar-refractivity contribution in [3.63, 3.8) is 0 Å². The van der Waals surface area contributed by atoms with Crippen molar-refractivity contribution >= 4 is 51.1 Å². The summed E-state index contributed by atoms with van der Waals surface area (Å²) in [5.74, 6) is -25.2. The lowest BCUT2D eigenvalue weighted by Gasteiger charge is -2.21. The Kier molecular flexibility index (Phi) is 7.18. The van der Waals surface area contributed by atoms with Gasteiger partial charge in [-0.2, -0.15) is 5.10 Å². The van der Waals surface area contributed by atoms with E-state index in [1.54, 1.807) is 36.4 Å². The molecule has 0 saturated carbocycles. The lowest BCUT2D eigenvalue weighted by atomic mass is 9.35. The number of halogens is 10. The lowest BCUT2D eigenvalue weighted by Crippen LogP contribution is -2.59. The van der Waals surface area contributed by atoms with E-state index in [0.29, 0.717) is 11.0 Å². The van der Waals surface area contributed by atoms with Crippen LogP contribution in [-0.2, 0) is 0 Å². The highest BCUT2D eigenvalue weighted by atomic mass is 19.2. The maximum atomic E-state index is 15.2. The summed E-state index contributed by atoms with van der Waals surface area (Å²) >= 11 is 0. The minimum atomic E-state index is -2.72. The minimum absolute atomic E-state index is 0.202. The molecule has 0 aliphatic carbocycles. The number of rotatable bonds is 5. The van der Waals surface area contributed by atoms with E-state index in [2.05, 4.69) is 5.10 Å². The molecular weight excluding hydrogens is 601 g/mol. The molecule has 0 spiro atoms. The van der Waals surface area contributed by atoms with E-state index in [1.165, 1.54) is 22.9 Å². The van der Waals surface area contributed by atoms with Gasteiger partial charge in [0.2, 0.25) is 0 Å². The van der Waals surface area contributed by atoms with E-state index >= 15 is 17.6 Å². The zero-order valence-corrected chi connectivity index (χ0v) is 21.8. The molecule has 6 aromatic rings. The number of hydrogen-bond acceptors (Lipinski definition) is 1. The Balaban J connectivity index is 1.66. The van der Waals surface area contributed by atoms with Gasteiger partial charge in [-0.15, -0.1) is 0 Å². The number of aromatic nitrogens is 1. The normalized spacial score (nSPS) is 11.8. The first kappa shape index (κ1) is 29.0. The molecule has 0 atom stereocenters. The van der Waals surface area contributed by atoms with Crippen LogP contribution in [0.1, 0.15) is 5.56 Å². The Morgan fingerprint density at radius 1 is 0.455 bits per heavy atom. The fourth-order valence-electron chi connectivity index (χ4n) is 5.24. The maximum absolute atomic E-state index is 15.2. The fraction of sp³-hybridized carbons (Fsp3) is 0. The van der Waals surface area contributed by atoms with Gasteiger partial charge in [0.15, 0.2) is 58.2 Å². The number of nitrogens with zero attached hydrogens (tertiary/aromatic N) is 2. The predicted octanol–water partition coefficient (Wildman–Crippen LogP) is 6.58. The highest BCUT2D eigenvalue weighted by Gasteiger charge is 2.41. The highest BCUT2D eigenvalue weighted by molar-refractivity contribution is 6.96. The van der Waals surface area contributed by atoms with Crippen LogP contribution in [0, 0.1) is 58.2 Å². The Hall–Kier alpha value is -5.07. The molecule has 1 aromatic heterocycles. The van der Waals surface area contributed by atoms with Gasteiger partial charge in [-0.3, -0.25) is 0 Å². The van der Waals surface area contributed by atoms with Gasteiger partial charge in [0.25, 0.3) is 6.71 Å². The van der Waals surface area contributed by atoms with Crippen LogP contribution in [0.15, 0.2) is 77.9 Å². The summed E-state index contributed by atoms with van der Waals surface area (Å²) in [5.41, 5.74) is -3.25. The van der Waals surface area contributed by atoms with Crippen LogP contribution in [0.2, 0.25) is 0 Å². The standard InChI is InChI=1S/C31H13BF10N2/c33-22-20(23(34)27(38)30(41)26(22)37)32(21-24(35)28(39)31(42)29(40)25(21)36)17-10-4-1-7-14(17)13-43-44-18-11-5-2-8-15(18)16-9-3-6-12-19(16)44/h1-13H/b43-13+. The summed E-state index contributed by atoms with van der Waals surface area (Å²) < 4.78 is 148. The quantitative estimate of drug-likeness (QED) is 0.0687. The molecular formula is C31H13BF10N2. The van der Waals surface area contributed by atoms with Crippen molar-refractivity contribution in [1.82, 2.24) is 4.68 Å². The summed E-state index contributed by atoms with van der Waals surface area (Å²) in [5, 5.41) is 5.98. The minimum Gasteiger partial charge on any atom is -0.232 e. The summed E-state index contributed by atoms with van der Waals surface area (Å²) in [6, 6.07) is 18.9. The van der Waals surface area contributed by atoms with Crippen molar-refractivity contribution < 1.29 is 43.9 Å². The number of hydrogen-bond donors (Lipinski definition) is 0. The van der Waals surface area contributed by atoms with E-state index in [0.717, 1.165) is 23.1 Å². The molecule has 0 amide bonds. The Labute approximate surface area is 241 Å². The van der Waals surface area contributed by atoms with Gasteiger partial charge in [0, 0.05) is 21.7 Å². The monoisotopic (exact) mass is 614 g/mol. The van der Waals surface area contributed by atoms with Crippen LogP contribution in [0.5, 0.6) is 0 Å². The van der Waals surface area contributed by atoms with Gasteiger partial charge < -0.3 is 0 Å². The molecule has 0 N–H and O–H groups in total. The van der Waals surface area contributed by atoms with Gasteiger partial charge in [0.05, 0.1) is 17.2 Å². The van der Waals surface area contributed by atoms with Crippen LogP contribution in [0.3, 0.4) is 0 Å². The summed E-state index contributed by atoms with van der Waals surface area (Å²) in [6.07, 6.45) is 1.07. The predicted molar refractivity (Wildman–Crippen MR) is 146 cm³/mol. The molecule has 0 unspecified atom stereocenters. The number of para-hydroxylation sites is 2. The molecule has 0 radical (unpaired) electrons. The first-order chi connectivity index (χ1) is 21.0. The van der Waals surface area contributed by atoms with Crippen molar-refractivity contribution in [2.45, 2.75) is 0 Å². The zero-order valence-electron chi connectivity index (χ0n) is 21.8. The number of benzene rings is 5. The molecule has 220 valence electrons. The topological polar surface area (TPSA) is 17.3 Å². The van der Waals surface area contributed by atoms with Crippen molar-refractivity contribution in [3.8, 4) is 0 Å². The van der Waals surface area contributed by atoms with Crippen molar-refractivity contribution in [3.05, 3.63) is 137 Å². The van der Waals surface area contributed by atoms with E-state index in [4.69, 9.17) is 0 Å². The maximum Gasteiger partial charge on any atom is 0.257 e. The molecule has 2 nitrogen and oxygen atoms in total. The molecule has 13 heteroatoms. The SMILES string of the molecule is Fc1c(F)c(F)c(B(c2ccccc2/C=N/n2c3ccccc3c3ccccc32)c2c(F)c(F)c(F)c(F)c2F)c(F)c1F. The van der Waals surface area contributed by atoms with Gasteiger partial charge in [-0.1, -0.05) is 66.1 Å². The third-order valence-electron chi connectivity index (χ3n) is 7.24. The first-order valence-electron chi connectivity index (χ1n) is 12.7. The second-order valence-electron chi connectivity index (χ2n) is 9.62. The van der Waals surface area contributed by atoms with Crippen LogP contribution >= 0.6 is 0 Å². The van der Waals surface area contributed by atoms with Crippen LogP contribution < -0.4 is 16.4 Å². The largest absolute Gasteiger partial charge is 0.257 e. The molecule has 0 saturated heterocycles. The van der Waals surface area contributed by atoms with Gasteiger partial charge >= 0.3 is 0 Å². The highest BCUT2D eigenvalue weighted by Crippen LogP contribution is 2.28. The van der Waals surface area contributed by atoms with Gasteiger partial charge in [-0.05, 0) is 17.7 Å². The van der Waals surface area contributed by atoms with Crippen molar-refractivity contribution in [2.75, 3.05) is 0 Å². The molecule has 0 aliphatic rings. The summed E-state index contributed by atoms with van der Waals surface area (Å²) in [4.78, 5) is 0. The molecule has 0 aliphatic heterocycles. The van der Waals surface area contributed by atoms with Gasteiger partial charge in [-0.25, -0.2) is 48.6 Å². The van der Waals surface area contributed by atoms with E-state index in [-0.39, 0.29) is 5.56 Å². The zero-order chi connectivity index (χ0) is 31.4. The Morgan fingerprint density at radius 2 is 0.818 bits per heavy atom. The molecule has 0 fully saturated rings. The average Bonchev–Trinajstić information content (AvgIpc) is 3.36. The van der Waals surface area contributed by atoms with Crippen LogP contribution in [0.4, 0.5) is 43.9 Å². The summed E-state index contributed by atoms with van der Waals surface area (Å²) in [6.45, 7) is -2.72. The number of fused-ring (bicyclic) bond motifs is 3. The molecule has 6 rings (SSSR count). The van der Waals surface area contributed by atoms with E-state index in [1.807, 2.05) is 12.1 Å². The van der Waals surface area contributed by atoms with Crippen molar-refractivity contribution in [2.24, 2.45) is 5.10 Å². The second-order valence-corrected chi connectivity index (χ2v) is 9.62. The molecule has 5 aromatic carbocycles. The lowest BCUT2D eigenvalue weighted by molar-refractivity contribution is 0.382. The average molecular weight is 614 g/mol. The molecule has 44 heavy (non-hydrogen) atoms. The Bertz CT molecular complexity index is 1980. The summed E-state index contributed by atoms with van der Waals surface area (Å²) in [7, 11) is 0. The second kappa shape index (κ2) is 10.9. The molecule has 1 heterocycles. The third-order valence-corrected chi connectivity index (χ3v) is 7.24. The van der Waals surface area contributed by atoms with E-state index in [9.17, 15) is 26.3 Å². The van der Waals surface area contributed by atoms with Crippen LogP contribution in [0.25, 0.3) is 21.8 Å². The first-order valence-corrected chi connectivity index (χ1v) is 12.7. The van der Waals surface area contributed by atoms with E-state index < -0.39 is 81.3 Å². The third kappa shape index (κ3) is 4.33.